The number of anilines is 1. The number of benzene rings is 2. The van der Waals surface area contributed by atoms with Crippen molar-refractivity contribution in [2.45, 2.75) is 38.5 Å². The highest BCUT2D eigenvalue weighted by molar-refractivity contribution is 7.18. The van der Waals surface area contributed by atoms with Gasteiger partial charge in [-0.2, -0.15) is 0 Å². The van der Waals surface area contributed by atoms with Crippen LogP contribution in [-0.4, -0.2) is 15.9 Å². The second-order valence-corrected chi connectivity index (χ2v) is 8.60. The van der Waals surface area contributed by atoms with E-state index in [1.54, 1.807) is 11.3 Å². The van der Waals surface area contributed by atoms with Crippen molar-refractivity contribution in [3.05, 3.63) is 69.1 Å². The van der Waals surface area contributed by atoms with E-state index >= 15 is 0 Å². The van der Waals surface area contributed by atoms with E-state index in [4.69, 9.17) is 0 Å². The summed E-state index contributed by atoms with van der Waals surface area (Å²) in [5.41, 5.74) is 1.89. The lowest BCUT2D eigenvalue weighted by Crippen LogP contribution is -2.16. The van der Waals surface area contributed by atoms with Gasteiger partial charge in [-0.15, -0.1) is 11.3 Å². The Morgan fingerprint density at radius 3 is 2.83 bits per heavy atom. The first kappa shape index (κ1) is 18.1. The molecule has 0 fully saturated rings. The second kappa shape index (κ2) is 7.44. The molecule has 0 saturated heterocycles. The maximum Gasteiger partial charge on any atom is 0.259 e. The molecule has 0 radical (unpaired) electrons. The van der Waals surface area contributed by atoms with Gasteiger partial charge in [0.05, 0.1) is 5.39 Å². The van der Waals surface area contributed by atoms with Crippen LogP contribution in [0.2, 0.25) is 0 Å². The van der Waals surface area contributed by atoms with Crippen LogP contribution in [0, 0.1) is 0 Å². The quantitative estimate of drug-likeness (QED) is 0.523. The van der Waals surface area contributed by atoms with Crippen molar-refractivity contribution in [3.63, 3.8) is 0 Å². The van der Waals surface area contributed by atoms with E-state index in [1.165, 1.54) is 16.9 Å². The lowest BCUT2D eigenvalue weighted by atomic mass is 9.97. The summed E-state index contributed by atoms with van der Waals surface area (Å²) in [6.45, 7) is 0. The lowest BCUT2D eigenvalue weighted by Gasteiger charge is -2.09. The fraction of sp³-hybridized carbons (Fsp3) is 0.261. The summed E-state index contributed by atoms with van der Waals surface area (Å²) in [4.78, 5) is 34.7. The average Bonchev–Trinajstić information content (AvgIpc) is 3.11. The lowest BCUT2D eigenvalue weighted by molar-refractivity contribution is -0.116. The number of hydrogen-bond donors (Lipinski definition) is 2. The standard InChI is InChI=1S/C23H21N3O2S/c27-20(24-16-10-9-14-5-1-2-6-15(14)13-16)12-11-19-25-22(28)21-17-7-3-4-8-18(17)29-23(21)26-19/h1-2,5-6,9-10,13H,3-4,7-8,11-12H2,(H,24,27)(H,25,26,28). The zero-order valence-corrected chi connectivity index (χ0v) is 16.8. The van der Waals surface area contributed by atoms with Crippen LogP contribution >= 0.6 is 11.3 Å². The predicted octanol–water partition coefficient (Wildman–Crippen LogP) is 4.59. The summed E-state index contributed by atoms with van der Waals surface area (Å²) in [6.07, 6.45) is 5.00. The van der Waals surface area contributed by atoms with Crippen LogP contribution in [0.4, 0.5) is 5.69 Å². The molecule has 1 aliphatic carbocycles. The maximum atomic E-state index is 12.6. The summed E-state index contributed by atoms with van der Waals surface area (Å²) in [5, 5.41) is 5.92. The summed E-state index contributed by atoms with van der Waals surface area (Å²) in [7, 11) is 0. The molecule has 1 aliphatic rings. The summed E-state index contributed by atoms with van der Waals surface area (Å²) < 4.78 is 0. The van der Waals surface area contributed by atoms with Crippen molar-refractivity contribution < 1.29 is 4.79 Å². The van der Waals surface area contributed by atoms with E-state index in [0.29, 0.717) is 12.2 Å². The number of nitrogens with one attached hydrogen (secondary N) is 2. The van der Waals surface area contributed by atoms with Gasteiger partial charge in [-0.1, -0.05) is 30.3 Å². The van der Waals surface area contributed by atoms with Gasteiger partial charge in [0, 0.05) is 23.4 Å². The molecular formula is C23H21N3O2S. The number of fused-ring (bicyclic) bond motifs is 4. The van der Waals surface area contributed by atoms with Gasteiger partial charge in [0.1, 0.15) is 10.7 Å². The summed E-state index contributed by atoms with van der Waals surface area (Å²) in [5.74, 6) is 0.489. The van der Waals surface area contributed by atoms with Crippen LogP contribution < -0.4 is 10.9 Å². The van der Waals surface area contributed by atoms with E-state index in [-0.39, 0.29) is 17.9 Å². The Morgan fingerprint density at radius 1 is 1.10 bits per heavy atom. The molecule has 4 aromatic rings. The average molecular weight is 404 g/mol. The molecule has 0 saturated carbocycles. The number of rotatable bonds is 4. The van der Waals surface area contributed by atoms with Crippen molar-refractivity contribution >= 4 is 43.9 Å². The van der Waals surface area contributed by atoms with E-state index in [9.17, 15) is 9.59 Å². The Labute approximate surface area is 171 Å². The molecule has 29 heavy (non-hydrogen) atoms. The molecule has 146 valence electrons. The zero-order valence-electron chi connectivity index (χ0n) is 16.0. The monoisotopic (exact) mass is 403 g/mol. The molecule has 0 spiro atoms. The minimum absolute atomic E-state index is 0.0701. The molecule has 5 rings (SSSR count). The van der Waals surface area contributed by atoms with Crippen LogP contribution in [0.3, 0.4) is 0 Å². The molecule has 2 heterocycles. The number of aryl methyl sites for hydroxylation is 3. The van der Waals surface area contributed by atoms with E-state index in [2.05, 4.69) is 15.3 Å². The van der Waals surface area contributed by atoms with Gasteiger partial charge in [0.2, 0.25) is 5.91 Å². The Balaban J connectivity index is 1.30. The van der Waals surface area contributed by atoms with E-state index in [1.807, 2.05) is 42.5 Å². The highest BCUT2D eigenvalue weighted by Gasteiger charge is 2.19. The minimum Gasteiger partial charge on any atom is -0.326 e. The number of H-pyrrole nitrogens is 1. The molecule has 0 aliphatic heterocycles. The van der Waals surface area contributed by atoms with E-state index < -0.39 is 0 Å². The van der Waals surface area contributed by atoms with Gasteiger partial charge in [-0.05, 0) is 54.2 Å². The normalized spacial score (nSPS) is 13.5. The molecular weight excluding hydrogens is 382 g/mol. The van der Waals surface area contributed by atoms with Crippen LogP contribution in [0.5, 0.6) is 0 Å². The fourth-order valence-electron chi connectivity index (χ4n) is 4.05. The SMILES string of the molecule is O=C(CCc1nc2sc3c(c2c(=O)[nH]1)CCCC3)Nc1ccc2ccccc2c1. The number of aromatic amines is 1. The molecule has 0 atom stereocenters. The number of carbonyl (C=O) groups excluding carboxylic acids is 1. The van der Waals surface area contributed by atoms with Crippen LogP contribution in [0.25, 0.3) is 21.0 Å². The van der Waals surface area contributed by atoms with Gasteiger partial charge in [-0.3, -0.25) is 9.59 Å². The number of aromatic nitrogens is 2. The van der Waals surface area contributed by atoms with Crippen molar-refractivity contribution in [1.82, 2.24) is 9.97 Å². The van der Waals surface area contributed by atoms with Crippen molar-refractivity contribution in [2.75, 3.05) is 5.32 Å². The number of nitrogens with zero attached hydrogens (tertiary/aromatic N) is 1. The second-order valence-electron chi connectivity index (χ2n) is 7.51. The van der Waals surface area contributed by atoms with Crippen molar-refractivity contribution in [1.29, 1.82) is 0 Å². The highest BCUT2D eigenvalue weighted by atomic mass is 32.1. The largest absolute Gasteiger partial charge is 0.326 e. The molecule has 0 unspecified atom stereocenters. The maximum absolute atomic E-state index is 12.6. The Morgan fingerprint density at radius 2 is 1.93 bits per heavy atom. The molecule has 5 nitrogen and oxygen atoms in total. The smallest absolute Gasteiger partial charge is 0.259 e. The molecule has 0 bridgehead atoms. The Kier molecular flexibility index (Phi) is 4.64. The van der Waals surface area contributed by atoms with Gasteiger partial charge in [0.15, 0.2) is 0 Å². The minimum atomic E-state index is -0.0894. The topological polar surface area (TPSA) is 74.8 Å². The molecule has 6 heteroatoms. The number of hydrogen-bond acceptors (Lipinski definition) is 4. The number of amides is 1. The summed E-state index contributed by atoms with van der Waals surface area (Å²) >= 11 is 1.63. The molecule has 2 aromatic heterocycles. The van der Waals surface area contributed by atoms with Gasteiger partial charge >= 0.3 is 0 Å². The third-order valence-corrected chi connectivity index (χ3v) is 6.68. The third-order valence-electron chi connectivity index (χ3n) is 5.50. The highest BCUT2D eigenvalue weighted by Crippen LogP contribution is 2.33. The fourth-order valence-corrected chi connectivity index (χ4v) is 5.33. The van der Waals surface area contributed by atoms with Crippen LogP contribution in [0.15, 0.2) is 47.3 Å². The van der Waals surface area contributed by atoms with Gasteiger partial charge in [0.25, 0.3) is 5.56 Å². The number of carbonyl (C=O) groups is 1. The zero-order chi connectivity index (χ0) is 19.8. The van der Waals surface area contributed by atoms with E-state index in [0.717, 1.165) is 45.9 Å². The Hall–Kier alpha value is -2.99. The van der Waals surface area contributed by atoms with Crippen LogP contribution in [0.1, 0.15) is 35.5 Å². The Bertz CT molecular complexity index is 1290. The van der Waals surface area contributed by atoms with Crippen molar-refractivity contribution in [3.8, 4) is 0 Å². The third kappa shape index (κ3) is 3.56. The first-order chi connectivity index (χ1) is 14.2. The van der Waals surface area contributed by atoms with Gasteiger partial charge in [-0.25, -0.2) is 4.98 Å². The number of thiophene rings is 1. The molecule has 2 N–H and O–H groups in total. The summed E-state index contributed by atoms with van der Waals surface area (Å²) in [6, 6.07) is 13.9. The van der Waals surface area contributed by atoms with Crippen LogP contribution in [-0.2, 0) is 24.1 Å². The predicted molar refractivity (Wildman–Crippen MR) is 118 cm³/mol. The van der Waals surface area contributed by atoms with Gasteiger partial charge < -0.3 is 10.3 Å². The molecule has 2 aromatic carbocycles. The van der Waals surface area contributed by atoms with Crippen molar-refractivity contribution in [2.24, 2.45) is 0 Å². The first-order valence-electron chi connectivity index (χ1n) is 9.99. The first-order valence-corrected chi connectivity index (χ1v) is 10.8. The molecule has 1 amide bonds.